The first kappa shape index (κ1) is 15.8. The molecule has 3 atom stereocenters. The molecule has 1 fully saturated rings. The van der Waals surface area contributed by atoms with Crippen molar-refractivity contribution in [3.8, 4) is 0 Å². The maximum Gasteiger partial charge on any atom is 0.315 e. The first-order valence-electron chi connectivity index (χ1n) is 7.92. The maximum absolute atomic E-state index is 13.2. The fourth-order valence-corrected chi connectivity index (χ4v) is 2.67. The molecule has 2 N–H and O–H groups in total. The summed E-state index contributed by atoms with van der Waals surface area (Å²) in [6.45, 7) is 4.21. The normalized spacial score (nSPS) is 21.7. The molecule has 21 heavy (non-hydrogen) atoms. The van der Waals surface area contributed by atoms with Crippen LogP contribution in [0.4, 0.5) is 9.18 Å². The maximum atomic E-state index is 13.2. The summed E-state index contributed by atoms with van der Waals surface area (Å²) >= 11 is 0. The van der Waals surface area contributed by atoms with Gasteiger partial charge in [-0.1, -0.05) is 38.3 Å². The van der Waals surface area contributed by atoms with Gasteiger partial charge in [0.05, 0.1) is 0 Å². The van der Waals surface area contributed by atoms with Gasteiger partial charge < -0.3 is 10.6 Å². The molecule has 1 saturated carbocycles. The van der Waals surface area contributed by atoms with E-state index in [1.807, 2.05) is 13.0 Å². The lowest BCUT2D eigenvalue weighted by Crippen LogP contribution is -2.42. The highest BCUT2D eigenvalue weighted by Gasteiger charge is 2.39. The van der Waals surface area contributed by atoms with Crippen molar-refractivity contribution < 1.29 is 9.18 Å². The zero-order valence-electron chi connectivity index (χ0n) is 12.9. The molecule has 0 bridgehead atoms. The largest absolute Gasteiger partial charge is 0.336 e. The minimum Gasteiger partial charge on any atom is -0.336 e. The summed E-state index contributed by atoms with van der Waals surface area (Å²) in [6, 6.07) is 6.85. The predicted molar refractivity (Wildman–Crippen MR) is 82.8 cm³/mol. The van der Waals surface area contributed by atoms with Gasteiger partial charge >= 0.3 is 6.03 Å². The monoisotopic (exact) mass is 292 g/mol. The Morgan fingerprint density at radius 3 is 2.95 bits per heavy atom. The molecule has 2 rings (SSSR count). The van der Waals surface area contributed by atoms with E-state index in [4.69, 9.17) is 0 Å². The van der Waals surface area contributed by atoms with Gasteiger partial charge in [0.2, 0.25) is 0 Å². The van der Waals surface area contributed by atoms with E-state index in [1.54, 1.807) is 12.1 Å². The number of carbonyl (C=O) groups excluding carboxylic acids is 1. The highest BCUT2D eigenvalue weighted by atomic mass is 19.1. The SMILES string of the molecule is CCCCCC(C)NC(=O)NC1CC1c1cccc(F)c1. The van der Waals surface area contributed by atoms with Crippen LogP contribution in [0.3, 0.4) is 0 Å². The van der Waals surface area contributed by atoms with Gasteiger partial charge in [-0.25, -0.2) is 9.18 Å². The van der Waals surface area contributed by atoms with Crippen molar-refractivity contribution >= 4 is 6.03 Å². The van der Waals surface area contributed by atoms with E-state index in [2.05, 4.69) is 17.6 Å². The predicted octanol–water partition coefficient (Wildman–Crippen LogP) is 3.95. The van der Waals surface area contributed by atoms with Crippen molar-refractivity contribution in [3.05, 3.63) is 35.6 Å². The first-order chi connectivity index (χ1) is 10.1. The molecule has 3 nitrogen and oxygen atoms in total. The van der Waals surface area contributed by atoms with E-state index in [0.29, 0.717) is 0 Å². The second-order valence-electron chi connectivity index (χ2n) is 6.02. The van der Waals surface area contributed by atoms with Crippen LogP contribution >= 0.6 is 0 Å². The van der Waals surface area contributed by atoms with Crippen LogP contribution in [0.1, 0.15) is 57.4 Å². The van der Waals surface area contributed by atoms with Gasteiger partial charge in [0, 0.05) is 18.0 Å². The topological polar surface area (TPSA) is 41.1 Å². The molecule has 0 spiro atoms. The lowest BCUT2D eigenvalue weighted by molar-refractivity contribution is 0.236. The smallest absolute Gasteiger partial charge is 0.315 e. The number of halogens is 1. The van der Waals surface area contributed by atoms with Gasteiger partial charge in [-0.2, -0.15) is 0 Å². The van der Waals surface area contributed by atoms with Crippen molar-refractivity contribution in [2.24, 2.45) is 0 Å². The van der Waals surface area contributed by atoms with E-state index >= 15 is 0 Å². The van der Waals surface area contributed by atoms with Crippen LogP contribution in [0, 0.1) is 5.82 Å². The van der Waals surface area contributed by atoms with E-state index in [-0.39, 0.29) is 29.8 Å². The molecule has 116 valence electrons. The molecule has 1 aromatic carbocycles. The zero-order valence-corrected chi connectivity index (χ0v) is 12.9. The number of nitrogens with one attached hydrogen (secondary N) is 2. The summed E-state index contributed by atoms with van der Waals surface area (Å²) in [5, 5.41) is 5.94. The van der Waals surface area contributed by atoms with Crippen molar-refractivity contribution in [2.45, 2.75) is 64.0 Å². The molecule has 2 amide bonds. The van der Waals surface area contributed by atoms with Gasteiger partial charge in [-0.15, -0.1) is 0 Å². The highest BCUT2D eigenvalue weighted by molar-refractivity contribution is 5.75. The third-order valence-electron chi connectivity index (χ3n) is 4.00. The van der Waals surface area contributed by atoms with Gasteiger partial charge in [-0.3, -0.25) is 0 Å². The number of hydrogen-bond donors (Lipinski definition) is 2. The minimum atomic E-state index is -0.216. The summed E-state index contributed by atoms with van der Waals surface area (Å²) in [5.74, 6) is 0.0361. The average molecular weight is 292 g/mol. The van der Waals surface area contributed by atoms with Crippen molar-refractivity contribution in [3.63, 3.8) is 0 Å². The second kappa shape index (κ2) is 7.43. The van der Waals surface area contributed by atoms with E-state index < -0.39 is 0 Å². The summed E-state index contributed by atoms with van der Waals surface area (Å²) < 4.78 is 13.2. The standard InChI is InChI=1S/C17H25FN2O/c1-3-4-5-7-12(2)19-17(21)20-16-11-15(16)13-8-6-9-14(18)10-13/h6,8-10,12,15-16H,3-5,7,11H2,1-2H3,(H2,19,20,21). The summed E-state index contributed by atoms with van der Waals surface area (Å²) in [6.07, 6.45) is 5.45. The molecular formula is C17H25FN2O. The van der Waals surface area contributed by atoms with E-state index in [1.165, 1.54) is 18.9 Å². The number of urea groups is 1. The Morgan fingerprint density at radius 2 is 2.24 bits per heavy atom. The van der Waals surface area contributed by atoms with Gasteiger partial charge in [-0.05, 0) is 37.5 Å². The van der Waals surface area contributed by atoms with Crippen LogP contribution in [-0.4, -0.2) is 18.1 Å². The lowest BCUT2D eigenvalue weighted by atomic mass is 10.1. The Hall–Kier alpha value is -1.58. The van der Waals surface area contributed by atoms with Gasteiger partial charge in [0.15, 0.2) is 0 Å². The Bertz CT molecular complexity index is 478. The number of rotatable bonds is 7. The fraction of sp³-hybridized carbons (Fsp3) is 0.588. The number of hydrogen-bond acceptors (Lipinski definition) is 1. The fourth-order valence-electron chi connectivity index (χ4n) is 2.67. The van der Waals surface area contributed by atoms with Crippen molar-refractivity contribution in [1.29, 1.82) is 0 Å². The number of amides is 2. The Morgan fingerprint density at radius 1 is 1.43 bits per heavy atom. The molecule has 0 aromatic heterocycles. The quantitative estimate of drug-likeness (QED) is 0.734. The number of benzene rings is 1. The van der Waals surface area contributed by atoms with Crippen molar-refractivity contribution in [2.75, 3.05) is 0 Å². The third-order valence-corrected chi connectivity index (χ3v) is 4.00. The second-order valence-corrected chi connectivity index (χ2v) is 6.02. The van der Waals surface area contributed by atoms with E-state index in [9.17, 15) is 9.18 Å². The molecule has 1 aliphatic rings. The molecule has 0 aliphatic heterocycles. The molecule has 4 heteroatoms. The molecule has 0 radical (unpaired) electrons. The van der Waals surface area contributed by atoms with Gasteiger partial charge in [0.1, 0.15) is 5.82 Å². The van der Waals surface area contributed by atoms with Crippen molar-refractivity contribution in [1.82, 2.24) is 10.6 Å². The summed E-state index contributed by atoms with van der Waals surface area (Å²) in [4.78, 5) is 11.9. The molecule has 3 unspecified atom stereocenters. The number of unbranched alkanes of at least 4 members (excludes halogenated alkanes) is 2. The van der Waals surface area contributed by atoms with E-state index in [0.717, 1.165) is 24.8 Å². The van der Waals surface area contributed by atoms with Crippen LogP contribution in [0.15, 0.2) is 24.3 Å². The first-order valence-corrected chi connectivity index (χ1v) is 7.92. The lowest BCUT2D eigenvalue weighted by Gasteiger charge is -2.14. The minimum absolute atomic E-state index is 0.108. The summed E-state index contributed by atoms with van der Waals surface area (Å²) in [7, 11) is 0. The third kappa shape index (κ3) is 5.03. The Labute approximate surface area is 126 Å². The van der Waals surface area contributed by atoms with Crippen LogP contribution < -0.4 is 10.6 Å². The molecule has 1 aromatic rings. The molecular weight excluding hydrogens is 267 g/mol. The van der Waals surface area contributed by atoms with Crippen LogP contribution in [0.25, 0.3) is 0 Å². The van der Waals surface area contributed by atoms with Crippen LogP contribution in [0.5, 0.6) is 0 Å². The van der Waals surface area contributed by atoms with Crippen LogP contribution in [0.2, 0.25) is 0 Å². The van der Waals surface area contributed by atoms with Crippen LogP contribution in [-0.2, 0) is 0 Å². The summed E-state index contributed by atoms with van der Waals surface area (Å²) in [5.41, 5.74) is 0.969. The molecule has 0 heterocycles. The zero-order chi connectivity index (χ0) is 15.2. The average Bonchev–Trinajstić information content (AvgIpc) is 3.18. The molecule has 0 saturated heterocycles. The molecule has 1 aliphatic carbocycles. The highest BCUT2D eigenvalue weighted by Crippen LogP contribution is 2.40. The Balaban J connectivity index is 1.70. The van der Waals surface area contributed by atoms with Gasteiger partial charge in [0.25, 0.3) is 0 Å². The number of carbonyl (C=O) groups is 1. The Kier molecular flexibility index (Phi) is 5.59.